The standard InChI is InChI=1S/C25H26N4O3S/c1-33(31,32)20-9-7-18(8-10-20)22-6-3-13-29-25(22)27-24(28-29)15-17-4-2-5-19(14-17)21-11-12-26-16-23(21)30/h2-10,13-14,21,23,26,30H,11-12,15-16H2,1H3/t21-,23-/m0/s1. The third-order valence-corrected chi connectivity index (χ3v) is 7.32. The minimum absolute atomic E-state index is 0.140. The van der Waals surface area contributed by atoms with Gasteiger partial charge in [-0.15, -0.1) is 0 Å². The Morgan fingerprint density at radius 3 is 2.70 bits per heavy atom. The molecule has 2 N–H and O–H groups in total. The molecular weight excluding hydrogens is 436 g/mol. The van der Waals surface area contributed by atoms with Crippen LogP contribution in [-0.2, 0) is 16.3 Å². The highest BCUT2D eigenvalue weighted by Crippen LogP contribution is 2.28. The Kier molecular flexibility index (Phi) is 5.74. The Hall–Kier alpha value is -3.07. The van der Waals surface area contributed by atoms with Crippen molar-refractivity contribution in [3.05, 3.63) is 83.8 Å². The summed E-state index contributed by atoms with van der Waals surface area (Å²) in [5.41, 5.74) is 4.76. The summed E-state index contributed by atoms with van der Waals surface area (Å²) in [7, 11) is -3.24. The van der Waals surface area contributed by atoms with Crippen LogP contribution in [0.3, 0.4) is 0 Å². The number of nitrogens with one attached hydrogen (secondary N) is 1. The number of aromatic nitrogens is 3. The second-order valence-electron chi connectivity index (χ2n) is 8.60. The molecule has 170 valence electrons. The first-order valence-electron chi connectivity index (χ1n) is 11.0. The van der Waals surface area contributed by atoms with Crippen molar-refractivity contribution in [2.24, 2.45) is 0 Å². The van der Waals surface area contributed by atoms with Crippen LogP contribution < -0.4 is 5.32 Å². The lowest BCUT2D eigenvalue weighted by molar-refractivity contribution is 0.118. The van der Waals surface area contributed by atoms with Gasteiger partial charge < -0.3 is 10.4 Å². The first-order valence-corrected chi connectivity index (χ1v) is 12.9. The van der Waals surface area contributed by atoms with Crippen molar-refractivity contribution in [3.63, 3.8) is 0 Å². The topological polar surface area (TPSA) is 96.6 Å². The van der Waals surface area contributed by atoms with Crippen LogP contribution in [0.25, 0.3) is 16.8 Å². The fourth-order valence-corrected chi connectivity index (χ4v) is 5.11. The number of nitrogens with zero attached hydrogens (tertiary/aromatic N) is 3. The molecule has 3 heterocycles. The van der Waals surface area contributed by atoms with E-state index < -0.39 is 9.84 Å². The van der Waals surface area contributed by atoms with Crippen molar-refractivity contribution in [1.82, 2.24) is 19.9 Å². The summed E-state index contributed by atoms with van der Waals surface area (Å²) in [4.78, 5) is 5.08. The van der Waals surface area contributed by atoms with Gasteiger partial charge in [-0.05, 0) is 53.9 Å². The largest absolute Gasteiger partial charge is 0.391 e. The summed E-state index contributed by atoms with van der Waals surface area (Å²) in [5.74, 6) is 0.847. The third-order valence-electron chi connectivity index (χ3n) is 6.19. The van der Waals surface area contributed by atoms with Gasteiger partial charge in [0.2, 0.25) is 0 Å². The molecule has 1 aliphatic rings. The normalized spacial score (nSPS) is 19.1. The molecule has 0 saturated carbocycles. The van der Waals surface area contributed by atoms with Gasteiger partial charge in [-0.25, -0.2) is 17.9 Å². The molecule has 4 aromatic rings. The van der Waals surface area contributed by atoms with Gasteiger partial charge in [0.15, 0.2) is 21.3 Å². The number of aliphatic hydroxyl groups excluding tert-OH is 1. The van der Waals surface area contributed by atoms with Crippen molar-refractivity contribution in [3.8, 4) is 11.1 Å². The van der Waals surface area contributed by atoms with Crippen molar-refractivity contribution in [2.75, 3.05) is 19.3 Å². The highest BCUT2D eigenvalue weighted by Gasteiger charge is 2.24. The number of aliphatic hydroxyl groups is 1. The first kappa shape index (κ1) is 21.8. The molecule has 0 bridgehead atoms. The summed E-state index contributed by atoms with van der Waals surface area (Å²) in [5, 5.41) is 18.3. The second kappa shape index (κ2) is 8.70. The smallest absolute Gasteiger partial charge is 0.175 e. The van der Waals surface area contributed by atoms with E-state index in [2.05, 4.69) is 28.6 Å². The van der Waals surface area contributed by atoms with E-state index in [0.717, 1.165) is 40.9 Å². The third kappa shape index (κ3) is 4.55. The average molecular weight is 463 g/mol. The second-order valence-corrected chi connectivity index (χ2v) is 10.6. The van der Waals surface area contributed by atoms with Crippen molar-refractivity contribution < 1.29 is 13.5 Å². The molecule has 7 nitrogen and oxygen atoms in total. The molecule has 33 heavy (non-hydrogen) atoms. The Morgan fingerprint density at radius 1 is 1.12 bits per heavy atom. The molecule has 8 heteroatoms. The van der Waals surface area contributed by atoms with Crippen LogP contribution in [0.2, 0.25) is 0 Å². The molecule has 0 aliphatic carbocycles. The maximum Gasteiger partial charge on any atom is 0.175 e. The number of sulfone groups is 1. The van der Waals surface area contributed by atoms with Gasteiger partial charge in [-0.3, -0.25) is 0 Å². The Bertz CT molecular complexity index is 1400. The quantitative estimate of drug-likeness (QED) is 0.474. The zero-order chi connectivity index (χ0) is 23.0. The molecule has 0 unspecified atom stereocenters. The van der Waals surface area contributed by atoms with Crippen molar-refractivity contribution in [2.45, 2.75) is 29.8 Å². The van der Waals surface area contributed by atoms with Gasteiger partial charge in [0.25, 0.3) is 0 Å². The lowest BCUT2D eigenvalue weighted by Crippen LogP contribution is -2.39. The van der Waals surface area contributed by atoms with E-state index in [1.165, 1.54) is 6.26 Å². The highest BCUT2D eigenvalue weighted by molar-refractivity contribution is 7.90. The Balaban J connectivity index is 1.44. The monoisotopic (exact) mass is 462 g/mol. The molecule has 5 rings (SSSR count). The van der Waals surface area contributed by atoms with Crippen LogP contribution in [0.4, 0.5) is 0 Å². The number of rotatable bonds is 5. The molecular formula is C25H26N4O3S. The van der Waals surface area contributed by atoms with Crippen molar-refractivity contribution in [1.29, 1.82) is 0 Å². The molecule has 1 saturated heterocycles. The zero-order valence-electron chi connectivity index (χ0n) is 18.3. The SMILES string of the molecule is CS(=O)(=O)c1ccc(-c2cccn3nc(Cc4cccc([C@@H]5CCNC[C@@H]5O)c4)nc23)cc1. The van der Waals surface area contributed by atoms with Gasteiger partial charge in [-0.2, -0.15) is 5.10 Å². The summed E-state index contributed by atoms with van der Waals surface area (Å²) in [6.07, 6.45) is 4.19. The highest BCUT2D eigenvalue weighted by atomic mass is 32.2. The number of hydrogen-bond donors (Lipinski definition) is 2. The van der Waals surface area contributed by atoms with E-state index >= 15 is 0 Å². The van der Waals surface area contributed by atoms with E-state index in [-0.39, 0.29) is 12.0 Å². The van der Waals surface area contributed by atoms with Gasteiger partial charge in [0, 0.05) is 36.9 Å². The number of hydrogen-bond acceptors (Lipinski definition) is 6. The fraction of sp³-hybridized carbons (Fsp3) is 0.280. The predicted octanol–water partition coefficient (Wildman–Crippen LogP) is 2.83. The van der Waals surface area contributed by atoms with Gasteiger partial charge >= 0.3 is 0 Å². The predicted molar refractivity (Wildman–Crippen MR) is 127 cm³/mol. The van der Waals surface area contributed by atoms with Crippen LogP contribution in [0.15, 0.2) is 71.8 Å². The average Bonchev–Trinajstić information content (AvgIpc) is 3.21. The molecule has 0 radical (unpaired) electrons. The van der Waals surface area contributed by atoms with Crippen LogP contribution >= 0.6 is 0 Å². The number of piperidine rings is 1. The molecule has 1 fully saturated rings. The fourth-order valence-electron chi connectivity index (χ4n) is 4.48. The summed E-state index contributed by atoms with van der Waals surface area (Å²) in [6.45, 7) is 1.53. The first-order chi connectivity index (χ1) is 15.9. The van der Waals surface area contributed by atoms with Gasteiger partial charge in [0.1, 0.15) is 0 Å². The number of benzene rings is 2. The number of pyridine rings is 1. The molecule has 2 aromatic heterocycles. The Labute approximate surface area is 193 Å². The molecule has 0 spiro atoms. The molecule has 1 aliphatic heterocycles. The van der Waals surface area contributed by atoms with Crippen LogP contribution in [0, 0.1) is 0 Å². The molecule has 2 aromatic carbocycles. The van der Waals surface area contributed by atoms with Gasteiger partial charge in [-0.1, -0.05) is 36.4 Å². The van der Waals surface area contributed by atoms with E-state index in [1.54, 1.807) is 28.8 Å². The van der Waals surface area contributed by atoms with Crippen LogP contribution in [0.1, 0.15) is 29.3 Å². The zero-order valence-corrected chi connectivity index (χ0v) is 19.2. The lowest BCUT2D eigenvalue weighted by Gasteiger charge is -2.29. The molecule has 0 amide bonds. The number of fused-ring (bicyclic) bond motifs is 1. The Morgan fingerprint density at radius 2 is 1.94 bits per heavy atom. The van der Waals surface area contributed by atoms with E-state index in [9.17, 15) is 13.5 Å². The van der Waals surface area contributed by atoms with Crippen LogP contribution in [0.5, 0.6) is 0 Å². The summed E-state index contributed by atoms with van der Waals surface area (Å²) in [6, 6.07) is 19.0. The van der Waals surface area contributed by atoms with E-state index in [1.807, 2.05) is 24.4 Å². The maximum atomic E-state index is 11.8. The minimum atomic E-state index is -3.24. The van der Waals surface area contributed by atoms with Crippen LogP contribution in [-0.4, -0.2) is 53.6 Å². The number of β-amino-alcohol motifs (C(OH)–C–C–N with tert-alkyl or cyclic N) is 1. The van der Waals surface area contributed by atoms with E-state index in [0.29, 0.717) is 23.7 Å². The minimum Gasteiger partial charge on any atom is -0.391 e. The molecule has 2 atom stereocenters. The lowest BCUT2D eigenvalue weighted by atomic mass is 9.87. The van der Waals surface area contributed by atoms with Crippen molar-refractivity contribution >= 4 is 15.5 Å². The van der Waals surface area contributed by atoms with Gasteiger partial charge in [0.05, 0.1) is 11.0 Å². The summed E-state index contributed by atoms with van der Waals surface area (Å²) < 4.78 is 25.3. The van der Waals surface area contributed by atoms with E-state index in [4.69, 9.17) is 4.98 Å². The maximum absolute atomic E-state index is 11.8. The summed E-state index contributed by atoms with van der Waals surface area (Å²) >= 11 is 0.